The number of amides is 1. The molecule has 4 rings (SSSR count). The number of nitrogens with one attached hydrogen (secondary N) is 1. The van der Waals surface area contributed by atoms with E-state index in [0.29, 0.717) is 24.9 Å². The molecule has 0 bridgehead atoms. The fraction of sp³-hybridized carbons (Fsp3) is 0.455. The average Bonchev–Trinajstić information content (AvgIpc) is 3.38. The molecule has 142 valence electrons. The van der Waals surface area contributed by atoms with E-state index in [-0.39, 0.29) is 11.7 Å². The Balaban J connectivity index is 1.41. The van der Waals surface area contributed by atoms with E-state index in [1.54, 1.807) is 6.92 Å². The van der Waals surface area contributed by atoms with Crippen molar-refractivity contribution in [2.45, 2.75) is 44.7 Å². The zero-order chi connectivity index (χ0) is 18.8. The smallest absolute Gasteiger partial charge is 0.234 e. The van der Waals surface area contributed by atoms with Crippen molar-refractivity contribution >= 4 is 23.0 Å². The number of benzene rings is 1. The Labute approximate surface area is 164 Å². The summed E-state index contributed by atoms with van der Waals surface area (Å²) < 4.78 is 0. The number of carbonyl (C=O) groups excluding carboxylic acids is 2. The van der Waals surface area contributed by atoms with E-state index in [0.717, 1.165) is 18.5 Å². The first-order valence-electron chi connectivity index (χ1n) is 9.76. The SMILES string of the molecule is CC(=O)[C@H](Cc1ccccc1)NC(=O)CN1CCc2sccc2[C@@H]1C1CC1. The summed E-state index contributed by atoms with van der Waals surface area (Å²) in [4.78, 5) is 28.6. The van der Waals surface area contributed by atoms with Crippen LogP contribution in [-0.2, 0) is 22.4 Å². The summed E-state index contributed by atoms with van der Waals surface area (Å²) >= 11 is 1.84. The zero-order valence-corrected chi connectivity index (χ0v) is 16.5. The van der Waals surface area contributed by atoms with Gasteiger partial charge in [-0.25, -0.2) is 0 Å². The van der Waals surface area contributed by atoms with E-state index in [1.807, 2.05) is 41.7 Å². The van der Waals surface area contributed by atoms with Crippen molar-refractivity contribution in [3.63, 3.8) is 0 Å². The van der Waals surface area contributed by atoms with Crippen LogP contribution in [0.4, 0.5) is 0 Å². The lowest BCUT2D eigenvalue weighted by Gasteiger charge is -2.36. The molecule has 1 aromatic heterocycles. The lowest BCUT2D eigenvalue weighted by Crippen LogP contribution is -2.48. The highest BCUT2D eigenvalue weighted by atomic mass is 32.1. The van der Waals surface area contributed by atoms with Crippen molar-refractivity contribution in [1.29, 1.82) is 0 Å². The second-order valence-electron chi connectivity index (χ2n) is 7.72. The minimum atomic E-state index is -0.458. The molecule has 27 heavy (non-hydrogen) atoms. The van der Waals surface area contributed by atoms with Gasteiger partial charge in [0.2, 0.25) is 5.91 Å². The second-order valence-corrected chi connectivity index (χ2v) is 8.72. The van der Waals surface area contributed by atoms with Gasteiger partial charge in [-0.3, -0.25) is 14.5 Å². The predicted octanol–water partition coefficient (Wildman–Crippen LogP) is 3.37. The Kier molecular flexibility index (Phi) is 5.41. The predicted molar refractivity (Wildman–Crippen MR) is 108 cm³/mol. The second kappa shape index (κ2) is 7.95. The van der Waals surface area contributed by atoms with Gasteiger partial charge in [0.25, 0.3) is 0 Å². The molecule has 1 aromatic carbocycles. The molecule has 0 spiro atoms. The van der Waals surface area contributed by atoms with Gasteiger partial charge < -0.3 is 5.32 Å². The Morgan fingerprint density at radius 2 is 2.00 bits per heavy atom. The number of Topliss-reactive ketones (excluding diaryl/α,β-unsaturated/α-hetero) is 1. The molecule has 4 nitrogen and oxygen atoms in total. The highest BCUT2D eigenvalue weighted by molar-refractivity contribution is 7.10. The quantitative estimate of drug-likeness (QED) is 0.799. The van der Waals surface area contributed by atoms with Crippen LogP contribution in [0.3, 0.4) is 0 Å². The summed E-state index contributed by atoms with van der Waals surface area (Å²) in [5, 5.41) is 5.16. The van der Waals surface area contributed by atoms with Crippen LogP contribution in [0.15, 0.2) is 41.8 Å². The van der Waals surface area contributed by atoms with Gasteiger partial charge in [0.05, 0.1) is 12.6 Å². The van der Waals surface area contributed by atoms with E-state index in [9.17, 15) is 9.59 Å². The van der Waals surface area contributed by atoms with Crippen molar-refractivity contribution in [2.75, 3.05) is 13.1 Å². The Bertz CT molecular complexity index is 813. The van der Waals surface area contributed by atoms with Crippen molar-refractivity contribution in [3.05, 3.63) is 57.8 Å². The Hall–Kier alpha value is -1.98. The average molecular weight is 383 g/mol. The van der Waals surface area contributed by atoms with Crippen LogP contribution in [0.2, 0.25) is 0 Å². The van der Waals surface area contributed by atoms with Gasteiger partial charge >= 0.3 is 0 Å². The fourth-order valence-electron chi connectivity index (χ4n) is 4.11. The number of thiophene rings is 1. The molecule has 1 amide bonds. The first-order valence-corrected chi connectivity index (χ1v) is 10.6. The molecule has 2 aliphatic rings. The molecule has 5 heteroatoms. The van der Waals surface area contributed by atoms with Crippen LogP contribution >= 0.6 is 11.3 Å². The van der Waals surface area contributed by atoms with Gasteiger partial charge in [-0.05, 0) is 61.1 Å². The minimum Gasteiger partial charge on any atom is -0.345 e. The van der Waals surface area contributed by atoms with E-state index in [2.05, 4.69) is 21.7 Å². The number of ketones is 1. The summed E-state index contributed by atoms with van der Waals surface area (Å²) in [6.07, 6.45) is 4.07. The standard InChI is InChI=1S/C22H26N2O2S/c1-15(25)19(13-16-5-3-2-4-6-16)23-21(26)14-24-11-9-20-18(10-12-27-20)22(24)17-7-8-17/h2-6,10,12,17,19,22H,7-9,11,13-14H2,1H3,(H,23,26)/t19-,22-/m0/s1. The zero-order valence-electron chi connectivity index (χ0n) is 15.7. The molecule has 1 saturated carbocycles. The molecule has 1 fully saturated rings. The highest BCUT2D eigenvalue weighted by Crippen LogP contribution is 2.48. The molecule has 2 aromatic rings. The third kappa shape index (κ3) is 4.30. The lowest BCUT2D eigenvalue weighted by atomic mass is 9.96. The molecule has 1 N–H and O–H groups in total. The van der Waals surface area contributed by atoms with Crippen LogP contribution in [0.1, 0.15) is 41.8 Å². The molecule has 0 unspecified atom stereocenters. The number of rotatable bonds is 7. The van der Waals surface area contributed by atoms with Gasteiger partial charge in [0.15, 0.2) is 5.78 Å². The molecular formula is C22H26N2O2S. The topological polar surface area (TPSA) is 49.4 Å². The van der Waals surface area contributed by atoms with E-state index >= 15 is 0 Å². The van der Waals surface area contributed by atoms with Gasteiger partial charge in [-0.2, -0.15) is 0 Å². The van der Waals surface area contributed by atoms with E-state index in [1.165, 1.54) is 23.3 Å². The number of hydrogen-bond donors (Lipinski definition) is 1. The third-order valence-electron chi connectivity index (χ3n) is 5.64. The van der Waals surface area contributed by atoms with Gasteiger partial charge in [0, 0.05) is 17.5 Å². The van der Waals surface area contributed by atoms with E-state index in [4.69, 9.17) is 0 Å². The summed E-state index contributed by atoms with van der Waals surface area (Å²) in [6, 6.07) is 12.0. The largest absolute Gasteiger partial charge is 0.345 e. The van der Waals surface area contributed by atoms with Gasteiger partial charge in [0.1, 0.15) is 0 Å². The first-order chi connectivity index (χ1) is 13.1. The number of fused-ring (bicyclic) bond motifs is 1. The maximum Gasteiger partial charge on any atom is 0.234 e. The fourth-order valence-corrected chi connectivity index (χ4v) is 5.02. The number of hydrogen-bond acceptors (Lipinski definition) is 4. The van der Waals surface area contributed by atoms with Crippen LogP contribution in [0.5, 0.6) is 0 Å². The molecule has 2 heterocycles. The maximum atomic E-state index is 12.8. The summed E-state index contributed by atoms with van der Waals surface area (Å²) in [7, 11) is 0. The summed E-state index contributed by atoms with van der Waals surface area (Å²) in [5.74, 6) is 0.638. The van der Waals surface area contributed by atoms with Crippen molar-refractivity contribution in [3.8, 4) is 0 Å². The maximum absolute atomic E-state index is 12.8. The molecule has 2 atom stereocenters. The van der Waals surface area contributed by atoms with Crippen LogP contribution < -0.4 is 5.32 Å². The van der Waals surface area contributed by atoms with Gasteiger partial charge in [-0.1, -0.05) is 30.3 Å². The van der Waals surface area contributed by atoms with Gasteiger partial charge in [-0.15, -0.1) is 11.3 Å². The summed E-state index contributed by atoms with van der Waals surface area (Å²) in [5.41, 5.74) is 2.49. The molecule has 0 radical (unpaired) electrons. The van der Waals surface area contributed by atoms with Crippen molar-refractivity contribution in [1.82, 2.24) is 10.2 Å². The van der Waals surface area contributed by atoms with Crippen molar-refractivity contribution < 1.29 is 9.59 Å². The molecular weight excluding hydrogens is 356 g/mol. The van der Waals surface area contributed by atoms with Crippen LogP contribution in [-0.4, -0.2) is 35.7 Å². The monoisotopic (exact) mass is 382 g/mol. The summed E-state index contributed by atoms with van der Waals surface area (Å²) in [6.45, 7) is 2.85. The highest BCUT2D eigenvalue weighted by Gasteiger charge is 2.40. The Morgan fingerprint density at radius 1 is 1.22 bits per heavy atom. The normalized spacial score (nSPS) is 20.7. The first kappa shape index (κ1) is 18.4. The third-order valence-corrected chi connectivity index (χ3v) is 6.64. The molecule has 1 aliphatic carbocycles. The molecule has 0 saturated heterocycles. The van der Waals surface area contributed by atoms with Crippen LogP contribution in [0.25, 0.3) is 0 Å². The minimum absolute atomic E-state index is 0.00436. The Morgan fingerprint density at radius 3 is 2.70 bits per heavy atom. The lowest BCUT2D eigenvalue weighted by molar-refractivity contribution is -0.128. The number of nitrogens with zero attached hydrogens (tertiary/aromatic N) is 1. The molecule has 1 aliphatic heterocycles. The van der Waals surface area contributed by atoms with Crippen LogP contribution in [0, 0.1) is 5.92 Å². The van der Waals surface area contributed by atoms with Crippen molar-refractivity contribution in [2.24, 2.45) is 5.92 Å². The van der Waals surface area contributed by atoms with E-state index < -0.39 is 6.04 Å². The number of carbonyl (C=O) groups is 2.